The molecule has 0 fully saturated rings. The normalized spacial score (nSPS) is 14.3. The van der Waals surface area contributed by atoms with Crippen molar-refractivity contribution in [2.45, 2.75) is 45.4 Å². The van der Waals surface area contributed by atoms with E-state index in [-0.39, 0.29) is 12.1 Å². The first kappa shape index (κ1) is 17.0. The van der Waals surface area contributed by atoms with Crippen LogP contribution in [0.4, 0.5) is 0 Å². The first-order chi connectivity index (χ1) is 9.49. The van der Waals surface area contributed by atoms with Crippen LogP contribution in [0.5, 0.6) is 5.75 Å². The average molecular weight is 281 g/mol. The molecule has 0 aromatic heterocycles. The van der Waals surface area contributed by atoms with Gasteiger partial charge in [0.2, 0.25) is 0 Å². The first-order valence-electron chi connectivity index (χ1n) is 7.08. The second kappa shape index (κ2) is 8.25. The third-order valence-electron chi connectivity index (χ3n) is 3.12. The highest BCUT2D eigenvalue weighted by atomic mass is 16.5. The summed E-state index contributed by atoms with van der Waals surface area (Å²) in [6, 6.07) is 8.22. The molecule has 4 heteroatoms. The van der Waals surface area contributed by atoms with E-state index in [1.165, 1.54) is 0 Å². The zero-order valence-corrected chi connectivity index (χ0v) is 13.0. The molecular weight excluding hydrogens is 254 g/mol. The van der Waals surface area contributed by atoms with Gasteiger partial charge in [0.15, 0.2) is 0 Å². The van der Waals surface area contributed by atoms with Crippen molar-refractivity contribution < 1.29 is 14.6 Å². The molecule has 0 amide bonds. The molecule has 0 aliphatic heterocycles. The van der Waals surface area contributed by atoms with E-state index < -0.39 is 0 Å². The molecule has 0 saturated heterocycles. The van der Waals surface area contributed by atoms with E-state index in [0.29, 0.717) is 19.3 Å². The van der Waals surface area contributed by atoms with Crippen LogP contribution in [-0.2, 0) is 11.3 Å². The summed E-state index contributed by atoms with van der Waals surface area (Å²) in [6.07, 6.45) is 0.746. The van der Waals surface area contributed by atoms with Crippen molar-refractivity contribution in [3.05, 3.63) is 29.8 Å². The topological polar surface area (TPSA) is 50.7 Å². The van der Waals surface area contributed by atoms with Crippen LogP contribution in [0.1, 0.15) is 32.8 Å². The molecule has 0 bridgehead atoms. The lowest BCUT2D eigenvalue weighted by molar-refractivity contribution is 0.136. The summed E-state index contributed by atoms with van der Waals surface area (Å²) < 4.78 is 10.9. The predicted octanol–water partition coefficient (Wildman–Crippen LogP) is 2.35. The lowest BCUT2D eigenvalue weighted by atomic mass is 9.98. The Morgan fingerprint density at radius 1 is 1.35 bits per heavy atom. The molecule has 114 valence electrons. The molecule has 0 radical (unpaired) electrons. The van der Waals surface area contributed by atoms with Gasteiger partial charge in [-0.05, 0) is 24.6 Å². The van der Waals surface area contributed by atoms with E-state index in [1.807, 2.05) is 31.2 Å². The monoisotopic (exact) mass is 281 g/mol. The summed E-state index contributed by atoms with van der Waals surface area (Å²) in [5, 5.41) is 12.9. The lowest BCUT2D eigenvalue weighted by Crippen LogP contribution is -2.49. The molecule has 1 aromatic carbocycles. The summed E-state index contributed by atoms with van der Waals surface area (Å²) >= 11 is 0. The largest absolute Gasteiger partial charge is 0.494 e. The summed E-state index contributed by atoms with van der Waals surface area (Å²) in [4.78, 5) is 0. The Bertz CT molecular complexity index is 395. The van der Waals surface area contributed by atoms with Crippen molar-refractivity contribution in [1.82, 2.24) is 5.32 Å². The van der Waals surface area contributed by atoms with E-state index in [4.69, 9.17) is 9.47 Å². The van der Waals surface area contributed by atoms with Crippen molar-refractivity contribution in [1.29, 1.82) is 0 Å². The Morgan fingerprint density at radius 3 is 2.70 bits per heavy atom. The highest BCUT2D eigenvalue weighted by Crippen LogP contribution is 2.16. The summed E-state index contributed by atoms with van der Waals surface area (Å²) in [6.45, 7) is 7.40. The van der Waals surface area contributed by atoms with Crippen LogP contribution in [0.25, 0.3) is 0 Å². The van der Waals surface area contributed by atoms with Crippen LogP contribution < -0.4 is 10.1 Å². The Hall–Kier alpha value is -1.10. The number of hydrogen-bond donors (Lipinski definition) is 2. The predicted molar refractivity (Wildman–Crippen MR) is 81.0 cm³/mol. The second-order valence-corrected chi connectivity index (χ2v) is 5.70. The fourth-order valence-electron chi connectivity index (χ4n) is 2.18. The zero-order chi connectivity index (χ0) is 15.0. The third-order valence-corrected chi connectivity index (χ3v) is 3.12. The fourth-order valence-corrected chi connectivity index (χ4v) is 2.18. The molecule has 1 rings (SSSR count). The zero-order valence-electron chi connectivity index (χ0n) is 13.0. The number of nitrogens with one attached hydrogen (secondary N) is 1. The number of ether oxygens (including phenoxy) is 2. The van der Waals surface area contributed by atoms with Gasteiger partial charge in [0.05, 0.1) is 19.8 Å². The number of methoxy groups -OCH3 is 1. The molecule has 0 aliphatic carbocycles. The van der Waals surface area contributed by atoms with Gasteiger partial charge in [-0.3, -0.25) is 0 Å². The molecule has 1 unspecified atom stereocenters. The van der Waals surface area contributed by atoms with E-state index >= 15 is 0 Å². The maximum Gasteiger partial charge on any atom is 0.119 e. The van der Waals surface area contributed by atoms with Crippen LogP contribution in [0.2, 0.25) is 0 Å². The van der Waals surface area contributed by atoms with Gasteiger partial charge in [0.1, 0.15) is 5.75 Å². The van der Waals surface area contributed by atoms with Gasteiger partial charge in [0.25, 0.3) is 0 Å². The van der Waals surface area contributed by atoms with Gasteiger partial charge < -0.3 is 19.9 Å². The van der Waals surface area contributed by atoms with Crippen molar-refractivity contribution in [2.75, 3.05) is 20.3 Å². The standard InChI is InChI=1S/C16H27NO3/c1-13(2)17-16(3,12-18)8-9-20-15-7-5-6-14(10-15)11-19-4/h5-7,10,13,17-18H,8-9,11-12H2,1-4H3. The summed E-state index contributed by atoms with van der Waals surface area (Å²) in [5.41, 5.74) is 0.786. The summed E-state index contributed by atoms with van der Waals surface area (Å²) in [5.74, 6) is 0.837. The molecule has 0 spiro atoms. The number of aliphatic hydroxyl groups is 1. The lowest BCUT2D eigenvalue weighted by Gasteiger charge is -2.31. The Morgan fingerprint density at radius 2 is 2.10 bits per heavy atom. The van der Waals surface area contributed by atoms with Gasteiger partial charge >= 0.3 is 0 Å². The maximum absolute atomic E-state index is 9.51. The smallest absolute Gasteiger partial charge is 0.119 e. The molecular formula is C16H27NO3. The molecule has 1 atom stereocenters. The minimum atomic E-state index is -0.307. The molecule has 0 heterocycles. The highest BCUT2D eigenvalue weighted by Gasteiger charge is 2.23. The van der Waals surface area contributed by atoms with Crippen LogP contribution in [-0.4, -0.2) is 37.0 Å². The Labute approximate surface area is 122 Å². The van der Waals surface area contributed by atoms with Gasteiger partial charge in [0, 0.05) is 25.1 Å². The quantitative estimate of drug-likeness (QED) is 0.729. The van der Waals surface area contributed by atoms with Crippen LogP contribution in [0.3, 0.4) is 0 Å². The van der Waals surface area contributed by atoms with Crippen LogP contribution in [0, 0.1) is 0 Å². The van der Waals surface area contributed by atoms with Gasteiger partial charge in [-0.25, -0.2) is 0 Å². The SMILES string of the molecule is COCc1cccc(OCCC(C)(CO)NC(C)C)c1. The Balaban J connectivity index is 2.48. The number of aliphatic hydroxyl groups excluding tert-OH is 1. The van der Waals surface area contributed by atoms with E-state index in [0.717, 1.165) is 17.7 Å². The fraction of sp³-hybridized carbons (Fsp3) is 0.625. The number of rotatable bonds is 9. The molecule has 1 aromatic rings. The minimum absolute atomic E-state index is 0.0955. The third kappa shape index (κ3) is 5.90. The summed E-state index contributed by atoms with van der Waals surface area (Å²) in [7, 11) is 1.68. The molecule has 2 N–H and O–H groups in total. The van der Waals surface area contributed by atoms with Crippen LogP contribution in [0.15, 0.2) is 24.3 Å². The van der Waals surface area contributed by atoms with Gasteiger partial charge in [-0.15, -0.1) is 0 Å². The van der Waals surface area contributed by atoms with E-state index in [9.17, 15) is 5.11 Å². The van der Waals surface area contributed by atoms with E-state index in [2.05, 4.69) is 19.2 Å². The number of hydrogen-bond acceptors (Lipinski definition) is 4. The first-order valence-corrected chi connectivity index (χ1v) is 7.08. The van der Waals surface area contributed by atoms with Crippen molar-refractivity contribution in [3.8, 4) is 5.75 Å². The highest BCUT2D eigenvalue weighted by molar-refractivity contribution is 5.28. The number of benzene rings is 1. The maximum atomic E-state index is 9.51. The molecule has 20 heavy (non-hydrogen) atoms. The van der Waals surface area contributed by atoms with Gasteiger partial charge in [-0.1, -0.05) is 26.0 Å². The molecule has 0 saturated carbocycles. The van der Waals surface area contributed by atoms with Gasteiger partial charge in [-0.2, -0.15) is 0 Å². The molecule has 4 nitrogen and oxygen atoms in total. The average Bonchev–Trinajstić information content (AvgIpc) is 2.39. The van der Waals surface area contributed by atoms with E-state index in [1.54, 1.807) is 7.11 Å². The van der Waals surface area contributed by atoms with Crippen molar-refractivity contribution in [2.24, 2.45) is 0 Å². The second-order valence-electron chi connectivity index (χ2n) is 5.70. The Kier molecular flexibility index (Phi) is 6.99. The minimum Gasteiger partial charge on any atom is -0.494 e. The molecule has 0 aliphatic rings. The van der Waals surface area contributed by atoms with Crippen molar-refractivity contribution in [3.63, 3.8) is 0 Å². The van der Waals surface area contributed by atoms with Crippen LogP contribution >= 0.6 is 0 Å². The van der Waals surface area contributed by atoms with Crippen molar-refractivity contribution >= 4 is 0 Å².